The number of aliphatic carboxylic acids is 1. The lowest BCUT2D eigenvalue weighted by Gasteiger charge is -2.12. The number of nitrogens with one attached hydrogen (secondary N) is 2. The maximum atomic E-state index is 11.5. The van der Waals surface area contributed by atoms with Crippen LogP contribution in [0, 0.1) is 9.49 Å². The Morgan fingerprint density at radius 2 is 2.17 bits per heavy atom. The van der Waals surface area contributed by atoms with Crippen molar-refractivity contribution in [2.75, 3.05) is 11.9 Å². The molecule has 0 bridgehead atoms. The maximum Gasteiger partial charge on any atom is 0.319 e. The molecule has 0 fully saturated rings. The van der Waals surface area contributed by atoms with Crippen LogP contribution in [0.15, 0.2) is 24.3 Å². The van der Waals surface area contributed by atoms with Gasteiger partial charge in [-0.1, -0.05) is 13.0 Å². The summed E-state index contributed by atoms with van der Waals surface area (Å²) in [5, 5.41) is 14.0. The van der Waals surface area contributed by atoms with Gasteiger partial charge in [0, 0.05) is 15.8 Å². The minimum absolute atomic E-state index is 0.127. The first-order chi connectivity index (χ1) is 8.52. The Hall–Kier alpha value is -1.31. The molecule has 3 N–H and O–H groups in total. The molecule has 1 rings (SSSR count). The lowest BCUT2D eigenvalue weighted by molar-refractivity contribution is -0.141. The molecule has 2 amide bonds. The molecule has 0 aliphatic carbocycles. The number of hydrogen-bond donors (Lipinski definition) is 3. The fraction of sp³-hybridized carbons (Fsp3) is 0.333. The Labute approximate surface area is 119 Å². The molecular weight excluding hydrogens is 347 g/mol. The molecule has 18 heavy (non-hydrogen) atoms. The first-order valence-electron chi connectivity index (χ1n) is 5.56. The minimum atomic E-state index is -0.896. The van der Waals surface area contributed by atoms with Gasteiger partial charge in [-0.05, 0) is 47.2 Å². The van der Waals surface area contributed by atoms with Gasteiger partial charge in [-0.25, -0.2) is 4.79 Å². The van der Waals surface area contributed by atoms with Gasteiger partial charge in [0.1, 0.15) is 0 Å². The zero-order valence-electron chi connectivity index (χ0n) is 9.94. The van der Waals surface area contributed by atoms with Crippen molar-refractivity contribution in [3.8, 4) is 0 Å². The number of rotatable bonds is 5. The van der Waals surface area contributed by atoms with E-state index in [-0.39, 0.29) is 6.54 Å². The zero-order valence-corrected chi connectivity index (χ0v) is 12.1. The van der Waals surface area contributed by atoms with Gasteiger partial charge in [0.05, 0.1) is 5.92 Å². The van der Waals surface area contributed by atoms with Gasteiger partial charge < -0.3 is 15.7 Å². The average Bonchev–Trinajstić information content (AvgIpc) is 2.29. The van der Waals surface area contributed by atoms with Crippen LogP contribution < -0.4 is 10.6 Å². The Kier molecular flexibility index (Phi) is 5.90. The fourth-order valence-electron chi connectivity index (χ4n) is 1.36. The number of carboxylic acid groups (broad SMARTS) is 1. The molecule has 1 aromatic rings. The molecule has 1 unspecified atom stereocenters. The van der Waals surface area contributed by atoms with Gasteiger partial charge in [-0.3, -0.25) is 4.79 Å². The second kappa shape index (κ2) is 7.20. The van der Waals surface area contributed by atoms with E-state index < -0.39 is 17.9 Å². The second-order valence-electron chi connectivity index (χ2n) is 3.79. The van der Waals surface area contributed by atoms with Crippen LogP contribution in [0.1, 0.15) is 13.3 Å². The van der Waals surface area contributed by atoms with Gasteiger partial charge in [0.25, 0.3) is 0 Å². The predicted octanol–water partition coefficient (Wildman–Crippen LogP) is 2.52. The Balaban J connectivity index is 2.45. The number of anilines is 1. The van der Waals surface area contributed by atoms with E-state index in [0.29, 0.717) is 12.1 Å². The van der Waals surface area contributed by atoms with Gasteiger partial charge in [0.15, 0.2) is 0 Å². The van der Waals surface area contributed by atoms with Crippen molar-refractivity contribution >= 4 is 40.3 Å². The highest BCUT2D eigenvalue weighted by molar-refractivity contribution is 14.1. The molecule has 0 aliphatic rings. The number of benzene rings is 1. The zero-order chi connectivity index (χ0) is 13.5. The quantitative estimate of drug-likeness (QED) is 0.705. The molecule has 1 atom stereocenters. The lowest BCUT2D eigenvalue weighted by atomic mass is 10.1. The number of carbonyl (C=O) groups excluding carboxylic acids is 1. The number of halogens is 1. The summed E-state index contributed by atoms with van der Waals surface area (Å²) in [6.07, 6.45) is 0.485. The van der Waals surface area contributed by atoms with Crippen LogP contribution in [0.5, 0.6) is 0 Å². The van der Waals surface area contributed by atoms with Crippen LogP contribution in [0.2, 0.25) is 0 Å². The molecule has 0 aliphatic heterocycles. The summed E-state index contributed by atoms with van der Waals surface area (Å²) in [4.78, 5) is 22.3. The van der Waals surface area contributed by atoms with Crippen molar-refractivity contribution in [1.82, 2.24) is 5.32 Å². The van der Waals surface area contributed by atoms with Crippen LogP contribution in [-0.2, 0) is 4.79 Å². The van der Waals surface area contributed by atoms with E-state index in [1.165, 1.54) is 0 Å². The minimum Gasteiger partial charge on any atom is -0.481 e. The number of carboxylic acids is 1. The summed E-state index contributed by atoms with van der Waals surface area (Å²) in [6.45, 7) is 1.90. The topological polar surface area (TPSA) is 78.4 Å². The molecule has 0 spiro atoms. The summed E-state index contributed by atoms with van der Waals surface area (Å²) in [5.41, 5.74) is 0.683. The van der Waals surface area contributed by atoms with E-state index >= 15 is 0 Å². The average molecular weight is 362 g/mol. The summed E-state index contributed by atoms with van der Waals surface area (Å²) in [7, 11) is 0. The van der Waals surface area contributed by atoms with Crippen molar-refractivity contribution in [2.45, 2.75) is 13.3 Å². The lowest BCUT2D eigenvalue weighted by Crippen LogP contribution is -2.35. The maximum absolute atomic E-state index is 11.5. The van der Waals surface area contributed by atoms with Crippen molar-refractivity contribution in [2.24, 2.45) is 5.92 Å². The first-order valence-corrected chi connectivity index (χ1v) is 6.64. The number of amides is 2. The summed E-state index contributed by atoms with van der Waals surface area (Å²) >= 11 is 2.15. The molecule has 5 nitrogen and oxygen atoms in total. The van der Waals surface area contributed by atoms with Crippen molar-refractivity contribution in [3.63, 3.8) is 0 Å². The molecular formula is C12H15IN2O3. The molecule has 0 aromatic heterocycles. The van der Waals surface area contributed by atoms with Crippen LogP contribution in [0.3, 0.4) is 0 Å². The third-order valence-corrected chi connectivity index (χ3v) is 3.10. The Bertz CT molecular complexity index is 437. The van der Waals surface area contributed by atoms with Crippen LogP contribution in [-0.4, -0.2) is 23.7 Å². The van der Waals surface area contributed by atoms with Gasteiger partial charge in [-0.2, -0.15) is 0 Å². The molecule has 0 radical (unpaired) electrons. The van der Waals surface area contributed by atoms with Gasteiger partial charge in [0.2, 0.25) is 0 Å². The monoisotopic (exact) mass is 362 g/mol. The predicted molar refractivity (Wildman–Crippen MR) is 77.6 cm³/mol. The van der Waals surface area contributed by atoms with E-state index in [1.807, 2.05) is 18.2 Å². The second-order valence-corrected chi connectivity index (χ2v) is 5.03. The fourth-order valence-corrected chi connectivity index (χ4v) is 1.91. The Morgan fingerprint density at radius 3 is 2.72 bits per heavy atom. The standard InChI is InChI=1S/C12H15IN2O3/c1-2-8(11(16)17)7-14-12(18)15-10-5-3-4-9(13)6-10/h3-6,8H,2,7H2,1H3,(H,16,17)(H2,14,15,18). The number of urea groups is 1. The smallest absolute Gasteiger partial charge is 0.319 e. The summed E-state index contributed by atoms with van der Waals surface area (Å²) in [6, 6.07) is 6.96. The molecule has 98 valence electrons. The third-order valence-electron chi connectivity index (χ3n) is 2.43. The molecule has 0 heterocycles. The molecule has 0 saturated heterocycles. The highest BCUT2D eigenvalue weighted by Crippen LogP contribution is 2.12. The van der Waals surface area contributed by atoms with E-state index in [9.17, 15) is 9.59 Å². The molecule has 0 saturated carbocycles. The van der Waals surface area contributed by atoms with Crippen molar-refractivity contribution in [1.29, 1.82) is 0 Å². The summed E-state index contributed by atoms with van der Waals surface area (Å²) < 4.78 is 1.02. The van der Waals surface area contributed by atoms with E-state index in [4.69, 9.17) is 5.11 Å². The van der Waals surface area contributed by atoms with Crippen LogP contribution >= 0.6 is 22.6 Å². The van der Waals surface area contributed by atoms with E-state index in [1.54, 1.807) is 13.0 Å². The van der Waals surface area contributed by atoms with E-state index in [0.717, 1.165) is 3.57 Å². The SMILES string of the molecule is CCC(CNC(=O)Nc1cccc(I)c1)C(=O)O. The Morgan fingerprint density at radius 1 is 1.44 bits per heavy atom. The number of carbonyl (C=O) groups is 2. The van der Waals surface area contributed by atoms with Crippen molar-refractivity contribution in [3.05, 3.63) is 27.8 Å². The molecule has 6 heteroatoms. The highest BCUT2D eigenvalue weighted by Gasteiger charge is 2.15. The summed E-state index contributed by atoms with van der Waals surface area (Å²) in [5.74, 6) is -1.45. The largest absolute Gasteiger partial charge is 0.481 e. The molecule has 1 aromatic carbocycles. The van der Waals surface area contributed by atoms with E-state index in [2.05, 4.69) is 33.2 Å². The third kappa shape index (κ3) is 4.91. The number of hydrogen-bond acceptors (Lipinski definition) is 2. The van der Waals surface area contributed by atoms with Crippen molar-refractivity contribution < 1.29 is 14.7 Å². The van der Waals surface area contributed by atoms with Crippen LogP contribution in [0.4, 0.5) is 10.5 Å². The highest BCUT2D eigenvalue weighted by atomic mass is 127. The van der Waals surface area contributed by atoms with Gasteiger partial charge >= 0.3 is 12.0 Å². The first kappa shape index (κ1) is 14.7. The van der Waals surface area contributed by atoms with Gasteiger partial charge in [-0.15, -0.1) is 0 Å². The van der Waals surface area contributed by atoms with Crippen LogP contribution in [0.25, 0.3) is 0 Å². The normalized spacial score (nSPS) is 11.7.